The predicted molar refractivity (Wildman–Crippen MR) is 93.2 cm³/mol. The average molecular weight is 342 g/mol. The molecule has 0 unspecified atom stereocenters. The number of carbonyl (C=O) groups is 3. The number of anilines is 1. The lowest BCUT2D eigenvalue weighted by atomic mass is 9.82. The first-order valence-corrected chi connectivity index (χ1v) is 8.64. The van der Waals surface area contributed by atoms with E-state index in [1.165, 1.54) is 0 Å². The summed E-state index contributed by atoms with van der Waals surface area (Å²) in [7, 11) is 0. The normalized spacial score (nSPS) is 22.6. The second kappa shape index (κ2) is 7.51. The van der Waals surface area contributed by atoms with Gasteiger partial charge < -0.3 is 15.3 Å². The van der Waals surface area contributed by atoms with Crippen molar-refractivity contribution in [3.05, 3.63) is 42.0 Å². The Kier molecular flexibility index (Phi) is 5.16. The number of nitrogens with zero attached hydrogens (tertiary/aromatic N) is 1. The van der Waals surface area contributed by atoms with Gasteiger partial charge in [0.15, 0.2) is 0 Å². The van der Waals surface area contributed by atoms with Gasteiger partial charge in [-0.3, -0.25) is 14.4 Å². The Morgan fingerprint density at radius 3 is 2.16 bits per heavy atom. The minimum atomic E-state index is -0.948. The van der Waals surface area contributed by atoms with Crippen LogP contribution >= 0.6 is 0 Å². The van der Waals surface area contributed by atoms with Crippen LogP contribution in [0.25, 0.3) is 0 Å². The van der Waals surface area contributed by atoms with Gasteiger partial charge in [0.05, 0.1) is 11.8 Å². The molecule has 2 N–H and O–H groups in total. The number of carbonyl (C=O) groups excluding carboxylic acids is 2. The molecule has 1 aromatic carbocycles. The molecule has 6 heteroatoms. The standard InChI is InChI=1S/C19H22N2O4/c22-17(15-5-1-2-6-16(15)19(24)25)20-14-9-7-13(8-10-14)18(23)21-11-3-4-12-21/h1-2,7-10,15-16H,3-6,11-12H2,(H,20,22)(H,24,25)/t15-,16+/m1/s1. The highest BCUT2D eigenvalue weighted by Gasteiger charge is 2.34. The fourth-order valence-corrected chi connectivity index (χ4v) is 3.41. The van der Waals surface area contributed by atoms with E-state index in [1.807, 2.05) is 11.0 Å². The van der Waals surface area contributed by atoms with Gasteiger partial charge in [-0.1, -0.05) is 12.2 Å². The molecule has 0 radical (unpaired) electrons. The van der Waals surface area contributed by atoms with Crippen molar-refractivity contribution in [2.75, 3.05) is 18.4 Å². The highest BCUT2D eigenvalue weighted by atomic mass is 16.4. The van der Waals surface area contributed by atoms with Gasteiger partial charge in [0.2, 0.25) is 5.91 Å². The smallest absolute Gasteiger partial charge is 0.307 e. The van der Waals surface area contributed by atoms with E-state index in [1.54, 1.807) is 30.3 Å². The molecule has 1 fully saturated rings. The first-order valence-electron chi connectivity index (χ1n) is 8.64. The van der Waals surface area contributed by atoms with Crippen LogP contribution in [0.5, 0.6) is 0 Å². The second-order valence-corrected chi connectivity index (χ2v) is 6.56. The zero-order valence-electron chi connectivity index (χ0n) is 14.0. The monoisotopic (exact) mass is 342 g/mol. The van der Waals surface area contributed by atoms with Crippen LogP contribution in [0.2, 0.25) is 0 Å². The Labute approximate surface area is 146 Å². The van der Waals surface area contributed by atoms with Crippen molar-refractivity contribution < 1.29 is 19.5 Å². The van der Waals surface area contributed by atoms with Crippen LogP contribution in [0.15, 0.2) is 36.4 Å². The maximum absolute atomic E-state index is 12.4. The highest BCUT2D eigenvalue weighted by Crippen LogP contribution is 2.27. The molecule has 2 amide bonds. The van der Waals surface area contributed by atoms with E-state index >= 15 is 0 Å². The van der Waals surface area contributed by atoms with Crippen LogP contribution in [0, 0.1) is 11.8 Å². The summed E-state index contributed by atoms with van der Waals surface area (Å²) in [6, 6.07) is 6.78. The molecule has 25 heavy (non-hydrogen) atoms. The number of amides is 2. The molecule has 1 aliphatic carbocycles. The lowest BCUT2D eigenvalue weighted by molar-refractivity contribution is -0.146. The summed E-state index contributed by atoms with van der Waals surface area (Å²) < 4.78 is 0. The van der Waals surface area contributed by atoms with Gasteiger partial charge in [0, 0.05) is 24.3 Å². The molecule has 0 bridgehead atoms. The Hall–Kier alpha value is -2.63. The van der Waals surface area contributed by atoms with Crippen molar-refractivity contribution in [2.24, 2.45) is 11.8 Å². The van der Waals surface area contributed by atoms with Gasteiger partial charge in [-0.15, -0.1) is 0 Å². The van der Waals surface area contributed by atoms with E-state index in [4.69, 9.17) is 0 Å². The van der Waals surface area contributed by atoms with Crippen molar-refractivity contribution in [2.45, 2.75) is 25.7 Å². The van der Waals surface area contributed by atoms with Crippen molar-refractivity contribution in [1.82, 2.24) is 4.90 Å². The van der Waals surface area contributed by atoms with Crippen LogP contribution in [0.3, 0.4) is 0 Å². The van der Waals surface area contributed by atoms with Gasteiger partial charge in [-0.25, -0.2) is 0 Å². The number of benzene rings is 1. The van der Waals surface area contributed by atoms with Crippen LogP contribution < -0.4 is 5.32 Å². The van der Waals surface area contributed by atoms with Crippen LogP contribution in [0.1, 0.15) is 36.0 Å². The molecule has 2 atom stereocenters. The van der Waals surface area contributed by atoms with E-state index in [0.29, 0.717) is 24.1 Å². The molecular formula is C19H22N2O4. The van der Waals surface area contributed by atoms with Crippen molar-refractivity contribution in [3.63, 3.8) is 0 Å². The number of rotatable bonds is 4. The minimum Gasteiger partial charge on any atom is -0.481 e. The number of allylic oxidation sites excluding steroid dienone is 2. The van der Waals surface area contributed by atoms with Crippen molar-refractivity contribution in [3.8, 4) is 0 Å². The average Bonchev–Trinajstić information content (AvgIpc) is 3.16. The fourth-order valence-electron chi connectivity index (χ4n) is 3.41. The first-order chi connectivity index (χ1) is 12.1. The van der Waals surface area contributed by atoms with E-state index in [-0.39, 0.29) is 11.8 Å². The van der Waals surface area contributed by atoms with E-state index < -0.39 is 17.8 Å². The van der Waals surface area contributed by atoms with E-state index in [9.17, 15) is 19.5 Å². The predicted octanol–water partition coefficient (Wildman–Crippen LogP) is 2.53. The van der Waals surface area contributed by atoms with Crippen LogP contribution in [0.4, 0.5) is 5.69 Å². The molecule has 132 valence electrons. The minimum absolute atomic E-state index is 0.0127. The maximum Gasteiger partial charge on any atom is 0.307 e. The fraction of sp³-hybridized carbons (Fsp3) is 0.421. The van der Waals surface area contributed by atoms with Gasteiger partial charge in [-0.05, 0) is 49.9 Å². The second-order valence-electron chi connectivity index (χ2n) is 6.56. The lowest BCUT2D eigenvalue weighted by Crippen LogP contribution is -2.34. The summed E-state index contributed by atoms with van der Waals surface area (Å²) in [5, 5.41) is 12.0. The van der Waals surface area contributed by atoms with Gasteiger partial charge in [-0.2, -0.15) is 0 Å². The molecule has 0 aromatic heterocycles. The lowest BCUT2D eigenvalue weighted by Gasteiger charge is -2.24. The number of carboxylic acid groups (broad SMARTS) is 1. The van der Waals surface area contributed by atoms with Crippen LogP contribution in [-0.4, -0.2) is 40.9 Å². The topological polar surface area (TPSA) is 86.7 Å². The zero-order valence-corrected chi connectivity index (χ0v) is 14.0. The third-order valence-electron chi connectivity index (χ3n) is 4.88. The Morgan fingerprint density at radius 2 is 1.56 bits per heavy atom. The molecule has 2 aliphatic rings. The van der Waals surface area contributed by atoms with Gasteiger partial charge in [0.25, 0.3) is 5.91 Å². The number of hydrogen-bond acceptors (Lipinski definition) is 3. The number of carboxylic acids is 1. The first kappa shape index (κ1) is 17.2. The van der Waals surface area contributed by atoms with Crippen molar-refractivity contribution in [1.29, 1.82) is 0 Å². The van der Waals surface area contributed by atoms with Crippen LogP contribution in [-0.2, 0) is 9.59 Å². The number of aliphatic carboxylic acids is 1. The van der Waals surface area contributed by atoms with Gasteiger partial charge >= 0.3 is 5.97 Å². The molecule has 1 aromatic rings. The molecule has 0 saturated carbocycles. The van der Waals surface area contributed by atoms with E-state index in [0.717, 1.165) is 25.9 Å². The Balaban J connectivity index is 1.64. The number of hydrogen-bond donors (Lipinski definition) is 2. The molecule has 1 heterocycles. The summed E-state index contributed by atoms with van der Waals surface area (Å²) in [4.78, 5) is 37.9. The quantitative estimate of drug-likeness (QED) is 0.823. The summed E-state index contributed by atoms with van der Waals surface area (Å²) in [5.41, 5.74) is 1.17. The number of likely N-dealkylation sites (tertiary alicyclic amines) is 1. The zero-order chi connectivity index (χ0) is 17.8. The molecule has 1 aliphatic heterocycles. The highest BCUT2D eigenvalue weighted by molar-refractivity contribution is 5.97. The third kappa shape index (κ3) is 3.90. The summed E-state index contributed by atoms with van der Waals surface area (Å²) >= 11 is 0. The summed E-state index contributed by atoms with van der Waals surface area (Å²) in [6.07, 6.45) is 6.54. The molecule has 0 spiro atoms. The Bertz CT molecular complexity index is 690. The summed E-state index contributed by atoms with van der Waals surface area (Å²) in [5.74, 6) is -2.50. The Morgan fingerprint density at radius 1 is 0.960 bits per heavy atom. The summed E-state index contributed by atoms with van der Waals surface area (Å²) in [6.45, 7) is 1.59. The molecular weight excluding hydrogens is 320 g/mol. The largest absolute Gasteiger partial charge is 0.481 e. The van der Waals surface area contributed by atoms with E-state index in [2.05, 4.69) is 5.32 Å². The number of nitrogens with one attached hydrogen (secondary N) is 1. The molecule has 1 saturated heterocycles. The maximum atomic E-state index is 12.4. The molecule has 6 nitrogen and oxygen atoms in total. The van der Waals surface area contributed by atoms with Crippen molar-refractivity contribution >= 4 is 23.5 Å². The third-order valence-corrected chi connectivity index (χ3v) is 4.88. The SMILES string of the molecule is O=C(O)[C@H]1CC=CC[C@H]1C(=O)Nc1ccc(C(=O)N2CCCC2)cc1. The van der Waals surface area contributed by atoms with Gasteiger partial charge in [0.1, 0.15) is 0 Å². The molecule has 3 rings (SSSR count).